The average Bonchev–Trinajstić information content (AvgIpc) is 2.77. The Morgan fingerprint density at radius 3 is 2.76 bits per heavy atom. The highest BCUT2D eigenvalue weighted by Gasteiger charge is 2.29. The van der Waals surface area contributed by atoms with Crippen LogP contribution in [0.1, 0.15) is 18.4 Å². The molecule has 1 aliphatic rings. The zero-order valence-electron chi connectivity index (χ0n) is 9.43. The number of carbonyl (C=O) groups excluding carboxylic acids is 2. The van der Waals surface area contributed by atoms with Gasteiger partial charge in [-0.15, -0.1) is 0 Å². The van der Waals surface area contributed by atoms with Crippen LogP contribution in [0.15, 0.2) is 30.3 Å². The molecule has 17 heavy (non-hydrogen) atoms. The topological polar surface area (TPSA) is 52.6 Å². The van der Waals surface area contributed by atoms with E-state index in [0.29, 0.717) is 19.4 Å². The molecule has 0 bridgehead atoms. The number of carbonyl (C=O) groups is 2. The summed E-state index contributed by atoms with van der Waals surface area (Å²) in [6.07, 6.45) is 0.208. The van der Waals surface area contributed by atoms with E-state index in [1.54, 1.807) is 0 Å². The van der Waals surface area contributed by atoms with Gasteiger partial charge in [0.05, 0.1) is 6.61 Å². The molecule has 0 saturated carbocycles. The molecule has 4 nitrogen and oxygen atoms in total. The Morgan fingerprint density at radius 1 is 1.35 bits per heavy atom. The second-order valence-electron chi connectivity index (χ2n) is 3.96. The molecular formula is C13H14O4. The van der Waals surface area contributed by atoms with Crippen molar-refractivity contribution in [3.05, 3.63) is 35.9 Å². The number of ether oxygens (including phenoxy) is 2. The van der Waals surface area contributed by atoms with Crippen LogP contribution in [0, 0.1) is 0 Å². The zero-order valence-corrected chi connectivity index (χ0v) is 9.43. The van der Waals surface area contributed by atoms with Crippen LogP contribution in [0.25, 0.3) is 0 Å². The molecule has 1 fully saturated rings. The summed E-state index contributed by atoms with van der Waals surface area (Å²) in [4.78, 5) is 22.4. The van der Waals surface area contributed by atoms with E-state index in [0.717, 1.165) is 5.56 Å². The molecule has 1 heterocycles. The number of rotatable bonds is 5. The van der Waals surface area contributed by atoms with Crippen molar-refractivity contribution in [1.82, 2.24) is 0 Å². The summed E-state index contributed by atoms with van der Waals surface area (Å²) in [5.74, 6) is -0.460. The molecule has 4 heteroatoms. The molecule has 1 aliphatic heterocycles. The molecule has 0 aromatic heterocycles. The van der Waals surface area contributed by atoms with Crippen molar-refractivity contribution >= 4 is 11.8 Å². The maximum Gasteiger partial charge on any atom is 0.306 e. The Labute approximate surface area is 99.5 Å². The highest BCUT2D eigenvalue weighted by atomic mass is 16.6. The summed E-state index contributed by atoms with van der Waals surface area (Å²) in [7, 11) is 0. The Bertz CT molecular complexity index is 399. The third-order valence-electron chi connectivity index (χ3n) is 2.60. The van der Waals surface area contributed by atoms with E-state index in [9.17, 15) is 9.59 Å². The lowest BCUT2D eigenvalue weighted by Gasteiger charge is -2.08. The van der Waals surface area contributed by atoms with Crippen LogP contribution in [0.4, 0.5) is 0 Å². The second kappa shape index (κ2) is 5.59. The highest BCUT2D eigenvalue weighted by molar-refractivity contribution is 5.88. The van der Waals surface area contributed by atoms with Gasteiger partial charge in [-0.1, -0.05) is 30.3 Å². The first-order chi connectivity index (χ1) is 8.25. The van der Waals surface area contributed by atoms with Gasteiger partial charge >= 0.3 is 5.97 Å². The number of hydrogen-bond acceptors (Lipinski definition) is 4. The van der Waals surface area contributed by atoms with Crippen LogP contribution in [0.3, 0.4) is 0 Å². The first-order valence-corrected chi connectivity index (χ1v) is 5.59. The second-order valence-corrected chi connectivity index (χ2v) is 3.96. The molecule has 1 aromatic rings. The quantitative estimate of drug-likeness (QED) is 0.724. The summed E-state index contributed by atoms with van der Waals surface area (Å²) < 4.78 is 10.1. The van der Waals surface area contributed by atoms with E-state index < -0.39 is 6.10 Å². The molecule has 90 valence electrons. The summed E-state index contributed by atoms with van der Waals surface area (Å²) in [6, 6.07) is 9.62. The van der Waals surface area contributed by atoms with E-state index in [1.165, 1.54) is 0 Å². The minimum atomic E-state index is -0.599. The van der Waals surface area contributed by atoms with E-state index in [2.05, 4.69) is 0 Å². The Kier molecular flexibility index (Phi) is 3.88. The van der Waals surface area contributed by atoms with Crippen molar-refractivity contribution in [2.45, 2.75) is 25.6 Å². The van der Waals surface area contributed by atoms with Gasteiger partial charge in [-0.05, 0) is 5.56 Å². The van der Waals surface area contributed by atoms with E-state index in [-0.39, 0.29) is 18.4 Å². The summed E-state index contributed by atoms with van der Waals surface area (Å²) in [5.41, 5.74) is 1.02. The lowest BCUT2D eigenvalue weighted by atomic mass is 10.2. The Morgan fingerprint density at radius 2 is 2.12 bits per heavy atom. The predicted octanol–water partition coefficient (Wildman–Crippen LogP) is 1.48. The summed E-state index contributed by atoms with van der Waals surface area (Å²) in [5, 5.41) is 0. The number of cyclic esters (lactones) is 1. The van der Waals surface area contributed by atoms with Crippen LogP contribution in [-0.4, -0.2) is 24.5 Å². The maximum absolute atomic E-state index is 11.6. The Balaban J connectivity index is 1.72. The van der Waals surface area contributed by atoms with Gasteiger partial charge < -0.3 is 9.47 Å². The number of ketones is 1. The normalized spacial score (nSPS) is 19.1. The van der Waals surface area contributed by atoms with Gasteiger partial charge in [0.15, 0.2) is 11.9 Å². The summed E-state index contributed by atoms with van der Waals surface area (Å²) in [6.45, 7) is 0.389. The minimum absolute atomic E-state index is 0.00710. The van der Waals surface area contributed by atoms with Gasteiger partial charge in [0.2, 0.25) is 0 Å². The molecule has 0 amide bonds. The van der Waals surface area contributed by atoms with Gasteiger partial charge in [0.25, 0.3) is 0 Å². The molecule has 2 rings (SSSR count). The first-order valence-electron chi connectivity index (χ1n) is 5.59. The molecule has 0 radical (unpaired) electrons. The maximum atomic E-state index is 11.6. The molecular weight excluding hydrogens is 220 g/mol. The zero-order chi connectivity index (χ0) is 12.1. The van der Waals surface area contributed by atoms with Crippen molar-refractivity contribution < 1.29 is 19.1 Å². The van der Waals surface area contributed by atoms with Gasteiger partial charge in [0.1, 0.15) is 6.61 Å². The monoisotopic (exact) mass is 234 g/mol. The van der Waals surface area contributed by atoms with Crippen LogP contribution in [0.5, 0.6) is 0 Å². The molecule has 1 unspecified atom stereocenters. The number of esters is 1. The lowest BCUT2D eigenvalue weighted by Crippen LogP contribution is -2.24. The third-order valence-corrected chi connectivity index (χ3v) is 2.60. The third kappa shape index (κ3) is 3.39. The van der Waals surface area contributed by atoms with Crippen molar-refractivity contribution in [1.29, 1.82) is 0 Å². The molecule has 0 spiro atoms. The molecule has 1 atom stereocenters. The minimum Gasteiger partial charge on any atom is -0.454 e. The first kappa shape index (κ1) is 11.8. The van der Waals surface area contributed by atoms with Crippen molar-refractivity contribution in [2.75, 3.05) is 6.61 Å². The van der Waals surface area contributed by atoms with E-state index >= 15 is 0 Å². The van der Waals surface area contributed by atoms with Crippen molar-refractivity contribution in [3.63, 3.8) is 0 Å². The van der Waals surface area contributed by atoms with E-state index in [1.807, 2.05) is 30.3 Å². The molecule has 1 aromatic carbocycles. The van der Waals surface area contributed by atoms with Crippen LogP contribution in [0.2, 0.25) is 0 Å². The van der Waals surface area contributed by atoms with Gasteiger partial charge in [0, 0.05) is 12.8 Å². The fourth-order valence-corrected chi connectivity index (χ4v) is 1.69. The average molecular weight is 234 g/mol. The van der Waals surface area contributed by atoms with Gasteiger partial charge in [-0.3, -0.25) is 9.59 Å². The fraction of sp³-hybridized carbons (Fsp3) is 0.385. The number of hydrogen-bond donors (Lipinski definition) is 0. The number of benzene rings is 1. The predicted molar refractivity (Wildman–Crippen MR) is 60.2 cm³/mol. The number of Topliss-reactive ketones (excluding diaryl/α,β-unsaturated/α-hetero) is 1. The molecule has 0 aliphatic carbocycles. The van der Waals surface area contributed by atoms with E-state index in [4.69, 9.17) is 9.47 Å². The van der Waals surface area contributed by atoms with Gasteiger partial charge in [-0.2, -0.15) is 0 Å². The smallest absolute Gasteiger partial charge is 0.306 e. The molecule has 1 saturated heterocycles. The lowest BCUT2D eigenvalue weighted by molar-refractivity contribution is -0.149. The van der Waals surface area contributed by atoms with Gasteiger partial charge in [-0.25, -0.2) is 0 Å². The largest absolute Gasteiger partial charge is 0.454 e. The van der Waals surface area contributed by atoms with Crippen LogP contribution < -0.4 is 0 Å². The van der Waals surface area contributed by atoms with Crippen LogP contribution >= 0.6 is 0 Å². The van der Waals surface area contributed by atoms with Crippen LogP contribution in [-0.2, 0) is 25.7 Å². The standard InChI is InChI=1S/C13H14O4/c14-11(12-6-7-13(15)17-12)9-16-8-10-4-2-1-3-5-10/h1-5,12H,6-9H2. The molecule has 0 N–H and O–H groups in total. The highest BCUT2D eigenvalue weighted by Crippen LogP contribution is 2.14. The SMILES string of the molecule is O=C1CCC(C(=O)COCc2ccccc2)O1. The van der Waals surface area contributed by atoms with Crippen molar-refractivity contribution in [3.8, 4) is 0 Å². The fourth-order valence-electron chi connectivity index (χ4n) is 1.69. The van der Waals surface area contributed by atoms with Crippen molar-refractivity contribution in [2.24, 2.45) is 0 Å². The summed E-state index contributed by atoms with van der Waals surface area (Å²) >= 11 is 0. The Hall–Kier alpha value is -1.68.